The van der Waals surface area contributed by atoms with Crippen LogP contribution in [-0.4, -0.2) is 47.0 Å². The van der Waals surface area contributed by atoms with Crippen LogP contribution < -0.4 is 0 Å². The lowest BCUT2D eigenvalue weighted by Crippen LogP contribution is -2.46. The molecule has 0 unspecified atom stereocenters. The minimum atomic E-state index is -0.476. The van der Waals surface area contributed by atoms with Gasteiger partial charge in [-0.1, -0.05) is 0 Å². The molecule has 0 aromatic carbocycles. The maximum Gasteiger partial charge on any atom is 0.410 e. The lowest BCUT2D eigenvalue weighted by atomic mass is 9.94. The van der Waals surface area contributed by atoms with Crippen molar-refractivity contribution >= 4 is 23.3 Å². The van der Waals surface area contributed by atoms with E-state index in [2.05, 4.69) is 11.4 Å². The number of amides is 2. The zero-order chi connectivity index (χ0) is 17.3. The first-order chi connectivity index (χ1) is 11.3. The molecule has 0 radical (unpaired) electrons. The Balaban J connectivity index is 1.52. The molecule has 1 fully saturated rings. The number of piperidine rings is 1. The zero-order valence-electron chi connectivity index (χ0n) is 14.7. The number of hydrogen-bond acceptors (Lipinski definition) is 4. The molecule has 3 heterocycles. The molecule has 2 aliphatic rings. The number of carbonyl (C=O) groups excluding carboxylic acids is 2. The van der Waals surface area contributed by atoms with E-state index >= 15 is 0 Å². The van der Waals surface area contributed by atoms with Gasteiger partial charge in [0.15, 0.2) is 0 Å². The Morgan fingerprint density at radius 2 is 1.88 bits per heavy atom. The van der Waals surface area contributed by atoms with E-state index in [9.17, 15) is 9.59 Å². The third-order valence-electron chi connectivity index (χ3n) is 4.62. The van der Waals surface area contributed by atoms with Gasteiger partial charge in [-0.05, 0) is 57.0 Å². The quantitative estimate of drug-likeness (QED) is 0.781. The van der Waals surface area contributed by atoms with E-state index in [1.165, 1.54) is 10.4 Å². The summed E-state index contributed by atoms with van der Waals surface area (Å²) in [4.78, 5) is 30.0. The Morgan fingerprint density at radius 1 is 1.17 bits per heavy atom. The third kappa shape index (κ3) is 3.91. The predicted molar refractivity (Wildman–Crippen MR) is 94.0 cm³/mol. The summed E-state index contributed by atoms with van der Waals surface area (Å²) in [6.07, 6.45) is 2.15. The Hall–Kier alpha value is -1.56. The molecule has 1 aromatic heterocycles. The van der Waals surface area contributed by atoms with Gasteiger partial charge in [-0.15, -0.1) is 11.3 Å². The van der Waals surface area contributed by atoms with E-state index in [1.54, 1.807) is 16.2 Å². The Kier molecular flexibility index (Phi) is 4.85. The number of ether oxygens (including phenoxy) is 1. The Morgan fingerprint density at radius 3 is 2.54 bits per heavy atom. The highest BCUT2D eigenvalue weighted by molar-refractivity contribution is 7.10. The van der Waals surface area contributed by atoms with Gasteiger partial charge >= 0.3 is 6.09 Å². The summed E-state index contributed by atoms with van der Waals surface area (Å²) in [5.74, 6) is 0.277. The first-order valence-electron chi connectivity index (χ1n) is 8.65. The number of fused-ring (bicyclic) bond motifs is 1. The summed E-state index contributed by atoms with van der Waals surface area (Å²) in [6, 6.07) is 2.13. The van der Waals surface area contributed by atoms with Gasteiger partial charge in [-0.25, -0.2) is 4.79 Å². The second kappa shape index (κ2) is 6.75. The smallest absolute Gasteiger partial charge is 0.410 e. The maximum absolute atomic E-state index is 12.8. The van der Waals surface area contributed by atoms with Crippen LogP contribution in [0.25, 0.3) is 0 Å². The number of nitrogens with zero attached hydrogens (tertiary/aromatic N) is 2. The van der Waals surface area contributed by atoms with Crippen molar-refractivity contribution in [2.45, 2.75) is 52.2 Å². The average Bonchev–Trinajstić information content (AvgIpc) is 3.00. The van der Waals surface area contributed by atoms with Gasteiger partial charge in [0.25, 0.3) is 0 Å². The van der Waals surface area contributed by atoms with Crippen molar-refractivity contribution in [2.75, 3.05) is 19.6 Å². The number of rotatable bonds is 1. The number of likely N-dealkylation sites (tertiary alicyclic amines) is 1. The highest BCUT2D eigenvalue weighted by atomic mass is 32.1. The number of carbonyl (C=O) groups is 2. The van der Waals surface area contributed by atoms with Crippen LogP contribution >= 0.6 is 11.3 Å². The van der Waals surface area contributed by atoms with Crippen LogP contribution in [0.5, 0.6) is 0 Å². The van der Waals surface area contributed by atoms with Crippen molar-refractivity contribution in [2.24, 2.45) is 5.92 Å². The average molecular weight is 350 g/mol. The van der Waals surface area contributed by atoms with Crippen LogP contribution in [0.15, 0.2) is 11.4 Å². The molecule has 0 aliphatic carbocycles. The second-order valence-electron chi connectivity index (χ2n) is 7.62. The van der Waals surface area contributed by atoms with Crippen LogP contribution in [0.1, 0.15) is 44.1 Å². The van der Waals surface area contributed by atoms with Gasteiger partial charge in [0.05, 0.1) is 0 Å². The van der Waals surface area contributed by atoms with E-state index in [1.807, 2.05) is 25.7 Å². The molecule has 3 rings (SSSR count). The van der Waals surface area contributed by atoms with Gasteiger partial charge in [0, 0.05) is 37.0 Å². The fraction of sp³-hybridized carbons (Fsp3) is 0.667. The molecule has 24 heavy (non-hydrogen) atoms. The molecular formula is C18H26N2O3S. The largest absolute Gasteiger partial charge is 0.444 e. The molecule has 132 valence electrons. The second-order valence-corrected chi connectivity index (χ2v) is 8.62. The molecule has 1 aromatic rings. The summed E-state index contributed by atoms with van der Waals surface area (Å²) in [5, 5.41) is 2.11. The summed E-state index contributed by atoms with van der Waals surface area (Å²) < 4.78 is 5.41. The van der Waals surface area contributed by atoms with Gasteiger partial charge in [0.2, 0.25) is 5.91 Å². The van der Waals surface area contributed by atoms with E-state index in [4.69, 9.17) is 4.74 Å². The van der Waals surface area contributed by atoms with E-state index in [0.717, 1.165) is 32.4 Å². The topological polar surface area (TPSA) is 49.9 Å². The van der Waals surface area contributed by atoms with Gasteiger partial charge in [-0.3, -0.25) is 4.79 Å². The lowest BCUT2D eigenvalue weighted by Gasteiger charge is -2.36. The molecule has 0 saturated carbocycles. The van der Waals surface area contributed by atoms with Crippen LogP contribution in [0, 0.1) is 5.92 Å². The van der Waals surface area contributed by atoms with Crippen LogP contribution in [0.2, 0.25) is 0 Å². The molecule has 5 nitrogen and oxygen atoms in total. The van der Waals surface area contributed by atoms with E-state index < -0.39 is 5.60 Å². The molecule has 2 amide bonds. The fourth-order valence-corrected chi connectivity index (χ4v) is 4.22. The molecule has 1 saturated heterocycles. The SMILES string of the molecule is CC(C)(C)OC(=O)N1CCC(C(=O)N2CCc3sccc3C2)CC1. The maximum atomic E-state index is 12.8. The summed E-state index contributed by atoms with van der Waals surface area (Å²) in [6.45, 7) is 8.37. The normalized spacial score (nSPS) is 19.1. The molecule has 6 heteroatoms. The Labute approximate surface area is 147 Å². The van der Waals surface area contributed by atoms with Crippen molar-refractivity contribution in [1.29, 1.82) is 0 Å². The first kappa shape index (κ1) is 17.3. The van der Waals surface area contributed by atoms with Gasteiger partial charge in [-0.2, -0.15) is 0 Å². The fourth-order valence-electron chi connectivity index (χ4n) is 3.33. The van der Waals surface area contributed by atoms with Gasteiger partial charge in [0.1, 0.15) is 5.60 Å². The third-order valence-corrected chi connectivity index (χ3v) is 5.64. The van der Waals surface area contributed by atoms with Crippen molar-refractivity contribution < 1.29 is 14.3 Å². The zero-order valence-corrected chi connectivity index (χ0v) is 15.5. The van der Waals surface area contributed by atoms with Gasteiger partial charge < -0.3 is 14.5 Å². The molecule has 2 aliphatic heterocycles. The van der Waals surface area contributed by atoms with Crippen molar-refractivity contribution in [3.63, 3.8) is 0 Å². The van der Waals surface area contributed by atoms with Crippen LogP contribution in [0.4, 0.5) is 4.79 Å². The van der Waals surface area contributed by atoms with Crippen molar-refractivity contribution in [3.05, 3.63) is 21.9 Å². The highest BCUT2D eigenvalue weighted by Crippen LogP contribution is 2.27. The molecular weight excluding hydrogens is 324 g/mol. The summed E-state index contributed by atoms with van der Waals surface area (Å²) in [5.41, 5.74) is 0.821. The molecule has 0 spiro atoms. The molecule has 0 atom stereocenters. The minimum Gasteiger partial charge on any atom is -0.444 e. The van der Waals surface area contributed by atoms with E-state index in [-0.39, 0.29) is 17.9 Å². The van der Waals surface area contributed by atoms with Crippen LogP contribution in [0.3, 0.4) is 0 Å². The summed E-state index contributed by atoms with van der Waals surface area (Å²) in [7, 11) is 0. The predicted octanol–water partition coefficient (Wildman–Crippen LogP) is 3.28. The van der Waals surface area contributed by atoms with Crippen molar-refractivity contribution in [3.8, 4) is 0 Å². The monoisotopic (exact) mass is 350 g/mol. The molecule has 0 N–H and O–H groups in total. The first-order valence-corrected chi connectivity index (χ1v) is 9.53. The summed E-state index contributed by atoms with van der Waals surface area (Å²) >= 11 is 1.79. The standard InChI is InChI=1S/C18H26N2O3S/c1-18(2,3)23-17(22)19-8-4-13(5-9-19)16(21)20-10-6-15-14(12-20)7-11-24-15/h7,11,13H,4-6,8-10,12H2,1-3H3. The molecule has 0 bridgehead atoms. The number of thiophene rings is 1. The van der Waals surface area contributed by atoms with Crippen molar-refractivity contribution in [1.82, 2.24) is 9.80 Å². The lowest BCUT2D eigenvalue weighted by molar-refractivity contribution is -0.138. The minimum absolute atomic E-state index is 0.0314. The van der Waals surface area contributed by atoms with E-state index in [0.29, 0.717) is 13.1 Å². The Bertz CT molecular complexity index is 612. The number of hydrogen-bond donors (Lipinski definition) is 0. The van der Waals surface area contributed by atoms with Crippen LogP contribution in [-0.2, 0) is 22.5 Å². The highest BCUT2D eigenvalue weighted by Gasteiger charge is 2.33.